The molecule has 10 heteroatoms. The number of hydrogen-bond acceptors (Lipinski definition) is 4. The third kappa shape index (κ3) is 4.74. The van der Waals surface area contributed by atoms with E-state index in [-0.39, 0.29) is 17.1 Å². The number of sulfonamides is 1. The summed E-state index contributed by atoms with van der Waals surface area (Å²) in [5.41, 5.74) is -0.467. The summed E-state index contributed by atoms with van der Waals surface area (Å²) < 4.78 is 61.6. The molecule has 1 aliphatic heterocycles. The second-order valence-electron chi connectivity index (χ2n) is 6.88. The minimum Gasteiger partial charge on any atom is -0.497 e. The number of methoxy groups -OCH3 is 1. The van der Waals surface area contributed by atoms with E-state index in [0.717, 1.165) is 16.4 Å². The SMILES string of the molecule is COc1cc(F)c(CN(C2CCCCNC2=O)S(=O)(=O)c2ccc(Cl)cc2)c(F)c1. The number of hydrogen-bond donors (Lipinski definition) is 1. The van der Waals surface area contributed by atoms with Crippen LogP contribution in [0.25, 0.3) is 0 Å². The number of halogens is 3. The summed E-state index contributed by atoms with van der Waals surface area (Å²) in [7, 11) is -3.00. The molecule has 1 heterocycles. The molecule has 1 saturated heterocycles. The molecule has 0 aromatic heterocycles. The summed E-state index contributed by atoms with van der Waals surface area (Å²) in [6.07, 6.45) is 1.50. The van der Waals surface area contributed by atoms with Crippen molar-refractivity contribution in [1.29, 1.82) is 0 Å². The van der Waals surface area contributed by atoms with Crippen LogP contribution in [-0.4, -0.2) is 38.3 Å². The topological polar surface area (TPSA) is 75.7 Å². The minimum absolute atomic E-state index is 0.0342. The van der Waals surface area contributed by atoms with E-state index in [4.69, 9.17) is 16.3 Å². The van der Waals surface area contributed by atoms with E-state index in [1.165, 1.54) is 31.4 Å². The highest BCUT2D eigenvalue weighted by Crippen LogP contribution is 2.29. The monoisotopic (exact) mass is 458 g/mol. The molecule has 0 spiro atoms. The number of benzene rings is 2. The Morgan fingerprint density at radius 3 is 2.40 bits per heavy atom. The van der Waals surface area contributed by atoms with Crippen LogP contribution < -0.4 is 10.1 Å². The molecule has 0 saturated carbocycles. The minimum atomic E-state index is -4.26. The van der Waals surface area contributed by atoms with Crippen LogP contribution in [0.2, 0.25) is 5.02 Å². The second-order valence-corrected chi connectivity index (χ2v) is 9.20. The summed E-state index contributed by atoms with van der Waals surface area (Å²) >= 11 is 5.85. The summed E-state index contributed by atoms with van der Waals surface area (Å²) in [6.45, 7) is -0.236. The van der Waals surface area contributed by atoms with E-state index in [1.807, 2.05) is 0 Å². The highest BCUT2D eigenvalue weighted by molar-refractivity contribution is 7.89. The van der Waals surface area contributed by atoms with Crippen LogP contribution >= 0.6 is 11.6 Å². The van der Waals surface area contributed by atoms with E-state index in [0.29, 0.717) is 24.4 Å². The lowest BCUT2D eigenvalue weighted by atomic mass is 10.1. The van der Waals surface area contributed by atoms with E-state index >= 15 is 0 Å². The van der Waals surface area contributed by atoms with Gasteiger partial charge in [0, 0.05) is 35.8 Å². The second kappa shape index (κ2) is 9.28. The third-order valence-corrected chi connectivity index (χ3v) is 7.06. The van der Waals surface area contributed by atoms with Gasteiger partial charge in [-0.25, -0.2) is 17.2 Å². The molecule has 1 N–H and O–H groups in total. The quantitative estimate of drug-likeness (QED) is 0.719. The maximum Gasteiger partial charge on any atom is 0.244 e. The molecule has 0 radical (unpaired) electrons. The number of amides is 1. The molecule has 2 aromatic carbocycles. The number of nitrogens with zero attached hydrogens (tertiary/aromatic N) is 1. The molecule has 3 rings (SSSR count). The number of carbonyl (C=O) groups is 1. The van der Waals surface area contributed by atoms with Gasteiger partial charge in [0.05, 0.1) is 12.0 Å². The molecule has 1 unspecified atom stereocenters. The smallest absolute Gasteiger partial charge is 0.244 e. The molecule has 0 bridgehead atoms. The summed E-state index contributed by atoms with van der Waals surface area (Å²) in [6, 6.07) is 6.22. The van der Waals surface area contributed by atoms with Crippen LogP contribution in [0.3, 0.4) is 0 Å². The number of rotatable bonds is 6. The Labute approximate surface area is 178 Å². The van der Waals surface area contributed by atoms with Crippen molar-refractivity contribution in [3.63, 3.8) is 0 Å². The van der Waals surface area contributed by atoms with Crippen LogP contribution in [0.5, 0.6) is 5.75 Å². The van der Waals surface area contributed by atoms with Gasteiger partial charge in [0.2, 0.25) is 15.9 Å². The highest BCUT2D eigenvalue weighted by atomic mass is 35.5. The first-order chi connectivity index (χ1) is 14.2. The zero-order valence-electron chi connectivity index (χ0n) is 16.2. The van der Waals surface area contributed by atoms with E-state index < -0.39 is 45.7 Å². The molecule has 162 valence electrons. The first kappa shape index (κ1) is 22.5. The molecule has 0 aliphatic carbocycles. The predicted molar refractivity (Wildman–Crippen MR) is 108 cm³/mol. The molecule has 1 aliphatic rings. The maximum atomic E-state index is 14.6. The molecule has 6 nitrogen and oxygen atoms in total. The first-order valence-corrected chi connectivity index (χ1v) is 11.1. The third-order valence-electron chi connectivity index (χ3n) is 4.94. The fourth-order valence-electron chi connectivity index (χ4n) is 3.31. The lowest BCUT2D eigenvalue weighted by molar-refractivity contribution is -0.124. The number of carbonyl (C=O) groups excluding carboxylic acids is 1. The van der Waals surface area contributed by atoms with Crippen LogP contribution in [0.1, 0.15) is 24.8 Å². The van der Waals surface area contributed by atoms with Crippen molar-refractivity contribution in [2.24, 2.45) is 0 Å². The van der Waals surface area contributed by atoms with Crippen molar-refractivity contribution < 1.29 is 26.7 Å². The number of nitrogens with one attached hydrogen (secondary N) is 1. The van der Waals surface area contributed by atoms with Crippen LogP contribution in [0.15, 0.2) is 41.3 Å². The molecule has 1 atom stereocenters. The van der Waals surface area contributed by atoms with E-state index in [2.05, 4.69) is 5.32 Å². The average molecular weight is 459 g/mol. The normalized spacial score (nSPS) is 17.5. The van der Waals surface area contributed by atoms with Gasteiger partial charge in [0.25, 0.3) is 0 Å². The van der Waals surface area contributed by atoms with Gasteiger partial charge in [-0.05, 0) is 43.5 Å². The van der Waals surface area contributed by atoms with Gasteiger partial charge < -0.3 is 10.1 Å². The van der Waals surface area contributed by atoms with Crippen molar-refractivity contribution in [2.45, 2.75) is 36.7 Å². The summed E-state index contributed by atoms with van der Waals surface area (Å²) in [5.74, 6) is -2.46. The summed E-state index contributed by atoms with van der Waals surface area (Å²) in [4.78, 5) is 12.5. The fourth-order valence-corrected chi connectivity index (χ4v) is 5.02. The Kier molecular flexibility index (Phi) is 6.95. The van der Waals surface area contributed by atoms with Crippen molar-refractivity contribution in [1.82, 2.24) is 9.62 Å². The summed E-state index contributed by atoms with van der Waals surface area (Å²) in [5, 5.41) is 3.00. The highest BCUT2D eigenvalue weighted by Gasteiger charge is 2.37. The fraction of sp³-hybridized carbons (Fsp3) is 0.350. The lowest BCUT2D eigenvalue weighted by Crippen LogP contribution is -2.48. The Balaban J connectivity index is 2.08. The average Bonchev–Trinajstić information content (AvgIpc) is 2.92. The van der Waals surface area contributed by atoms with E-state index in [1.54, 1.807) is 0 Å². The standard InChI is InChI=1S/C20H21ClF2N2O4S/c1-29-14-10-17(22)16(18(23)11-14)12-25(19-4-2-3-9-24-20(19)26)30(27,28)15-7-5-13(21)6-8-15/h5-8,10-11,19H,2-4,9,12H2,1H3,(H,24,26). The first-order valence-electron chi connectivity index (χ1n) is 9.31. The van der Waals surface area contributed by atoms with Gasteiger partial charge in [-0.15, -0.1) is 0 Å². The van der Waals surface area contributed by atoms with Gasteiger partial charge in [-0.3, -0.25) is 4.79 Å². The van der Waals surface area contributed by atoms with Crippen molar-refractivity contribution in [3.05, 3.63) is 58.6 Å². The molecular weight excluding hydrogens is 438 g/mol. The maximum absolute atomic E-state index is 14.6. The van der Waals surface area contributed by atoms with E-state index in [9.17, 15) is 22.0 Å². The molecule has 2 aromatic rings. The van der Waals surface area contributed by atoms with Crippen molar-refractivity contribution in [3.8, 4) is 5.75 Å². The van der Waals surface area contributed by atoms with Gasteiger partial charge in [-0.2, -0.15) is 4.31 Å². The molecular formula is C20H21ClF2N2O4S. The number of ether oxygens (including phenoxy) is 1. The van der Waals surface area contributed by atoms with Crippen molar-refractivity contribution in [2.75, 3.05) is 13.7 Å². The Morgan fingerprint density at radius 1 is 1.17 bits per heavy atom. The van der Waals surface area contributed by atoms with Gasteiger partial charge in [-0.1, -0.05) is 11.6 Å². The molecule has 1 fully saturated rings. The Morgan fingerprint density at radius 2 is 1.80 bits per heavy atom. The van der Waals surface area contributed by atoms with Gasteiger partial charge in [0.1, 0.15) is 23.4 Å². The van der Waals surface area contributed by atoms with Crippen LogP contribution in [0.4, 0.5) is 8.78 Å². The molecule has 30 heavy (non-hydrogen) atoms. The van der Waals surface area contributed by atoms with Gasteiger partial charge in [0.15, 0.2) is 0 Å². The Hall–Kier alpha value is -2.23. The lowest BCUT2D eigenvalue weighted by Gasteiger charge is -2.29. The Bertz CT molecular complexity index is 1010. The van der Waals surface area contributed by atoms with Crippen LogP contribution in [0, 0.1) is 11.6 Å². The van der Waals surface area contributed by atoms with Gasteiger partial charge >= 0.3 is 0 Å². The van der Waals surface area contributed by atoms with Crippen LogP contribution in [-0.2, 0) is 21.4 Å². The zero-order chi connectivity index (χ0) is 21.9. The zero-order valence-corrected chi connectivity index (χ0v) is 17.8. The predicted octanol–water partition coefficient (Wildman–Crippen LogP) is 3.49. The van der Waals surface area contributed by atoms with Crippen molar-refractivity contribution >= 4 is 27.5 Å². The molecule has 1 amide bonds. The largest absolute Gasteiger partial charge is 0.497 e.